The normalized spacial score (nSPS) is 5.76. The first-order chi connectivity index (χ1) is 10.4. The zero-order valence-electron chi connectivity index (χ0n) is 11.1. The Morgan fingerprint density at radius 2 is 0.360 bits per heavy atom. The molecule has 0 aliphatic heterocycles. The summed E-state index contributed by atoms with van der Waals surface area (Å²) in [5.74, 6) is 0. The van der Waals surface area contributed by atoms with E-state index in [1.807, 2.05) is 0 Å². The van der Waals surface area contributed by atoms with Gasteiger partial charge in [-0.15, -0.1) is 0 Å². The van der Waals surface area contributed by atoms with Gasteiger partial charge in [-0.2, -0.15) is 0 Å². The molecule has 0 unspecified atom stereocenters. The van der Waals surface area contributed by atoms with Crippen molar-refractivity contribution in [2.45, 2.75) is 0 Å². The smallest absolute Gasteiger partial charge is 0.249 e. The molecule has 0 heterocycles. The van der Waals surface area contributed by atoms with Crippen molar-refractivity contribution in [3.63, 3.8) is 0 Å². The minimum atomic E-state index is -2.08. The van der Waals surface area contributed by atoms with E-state index >= 15 is 0 Å². The van der Waals surface area contributed by atoms with Crippen molar-refractivity contribution in [3.05, 3.63) is 0 Å². The summed E-state index contributed by atoms with van der Waals surface area (Å²) >= 11 is 0. The zero-order valence-corrected chi connectivity index (χ0v) is 15.2. The van der Waals surface area contributed by atoms with Crippen LogP contribution in [-0.2, 0) is 0 Å². The van der Waals surface area contributed by atoms with Gasteiger partial charge in [0.15, 0.2) is 0 Å². The number of carbonyl (C=O) groups is 6. The van der Waals surface area contributed by atoms with Crippen LogP contribution in [0.25, 0.3) is 0 Å². The Morgan fingerprint density at radius 1 is 0.360 bits per heavy atom. The fraction of sp³-hybridized carbons (Fsp3) is 0. The predicted molar refractivity (Wildman–Crippen MR) is 48.1 cm³/mol. The summed E-state index contributed by atoms with van der Waals surface area (Å²) in [5, 5.41) is 91.8. The summed E-state index contributed by atoms with van der Waals surface area (Å²) in [7, 11) is 0. The maximum Gasteiger partial charge on any atom is 0.249 e. The molecule has 0 bridgehead atoms. The Hall–Kier alpha value is -3.33. The summed E-state index contributed by atoms with van der Waals surface area (Å²) in [6.07, 6.45) is -12.5. The molecular formula is C6H6O18U-6. The van der Waals surface area contributed by atoms with E-state index in [-0.39, 0.29) is 31.1 Å². The second kappa shape index (κ2) is 37.2. The molecule has 18 nitrogen and oxygen atoms in total. The third-order valence-corrected chi connectivity index (χ3v) is 0. The summed E-state index contributed by atoms with van der Waals surface area (Å²) in [6, 6.07) is 0. The standard InChI is InChI=1S/6CH2O3.U/c6*2-1(3)4;/h6*(H2,2,3,4);/p-6. The van der Waals surface area contributed by atoms with Gasteiger partial charge in [0.1, 0.15) is 0 Å². The van der Waals surface area contributed by atoms with E-state index in [1.165, 1.54) is 0 Å². The third-order valence-electron chi connectivity index (χ3n) is 0. The first-order valence-corrected chi connectivity index (χ1v) is 3.79. The van der Waals surface area contributed by atoms with Crippen LogP contribution in [-0.4, -0.2) is 67.6 Å². The molecule has 0 radical (unpaired) electrons. The SMILES string of the molecule is O=C([O-])O.O=C([O-])O.O=C([O-])O.O=C([O-])O.O=C([O-])O.O=C([O-])O.[U]. The summed E-state index contributed by atoms with van der Waals surface area (Å²) in [5.41, 5.74) is 0. The van der Waals surface area contributed by atoms with Crippen molar-refractivity contribution in [3.8, 4) is 0 Å². The topological polar surface area (TPSA) is 362 Å². The molecule has 0 aliphatic rings. The number of carboxylic acid groups (broad SMARTS) is 12. The van der Waals surface area contributed by atoms with Crippen LogP contribution in [0.3, 0.4) is 0 Å². The van der Waals surface area contributed by atoms with Gasteiger partial charge in [-0.05, 0) is 0 Å². The molecule has 6 N–H and O–H groups in total. The van der Waals surface area contributed by atoms with Crippen molar-refractivity contribution in [1.82, 2.24) is 0 Å². The Bertz CT molecular complexity index is 257. The van der Waals surface area contributed by atoms with Crippen molar-refractivity contribution in [1.29, 1.82) is 0 Å². The van der Waals surface area contributed by atoms with Gasteiger partial charge < -0.3 is 90.0 Å². The quantitative estimate of drug-likeness (QED) is 0.150. The molecule has 0 fully saturated rings. The van der Waals surface area contributed by atoms with E-state index in [9.17, 15) is 0 Å². The minimum Gasteiger partial charge on any atom is -0.565 e. The predicted octanol–water partition coefficient (Wildman–Crippen LogP) is -6.67. The molecule has 0 saturated heterocycles. The fourth-order valence-electron chi connectivity index (χ4n) is 0. The first kappa shape index (κ1) is 43.0. The monoisotopic (exact) mass is 604 g/mol. The second-order valence-corrected chi connectivity index (χ2v) is 1.60. The van der Waals surface area contributed by atoms with Crippen LogP contribution in [0.4, 0.5) is 28.8 Å². The van der Waals surface area contributed by atoms with Crippen LogP contribution in [0.1, 0.15) is 0 Å². The molecule has 0 rings (SSSR count). The zero-order chi connectivity index (χ0) is 21.5. The molecule has 0 aromatic heterocycles. The maximum atomic E-state index is 8.44. The van der Waals surface area contributed by atoms with E-state index < -0.39 is 36.9 Å². The van der Waals surface area contributed by atoms with Crippen LogP contribution in [0, 0.1) is 31.1 Å². The average molecular weight is 604 g/mol. The van der Waals surface area contributed by atoms with E-state index in [2.05, 4.69) is 0 Å². The minimum absolute atomic E-state index is 0. The molecule has 0 atom stereocenters. The van der Waals surface area contributed by atoms with Crippen LogP contribution < -0.4 is 30.6 Å². The first-order valence-electron chi connectivity index (χ1n) is 3.79. The number of hydrogen-bond acceptors (Lipinski definition) is 12. The van der Waals surface area contributed by atoms with Gasteiger partial charge in [-0.1, -0.05) is 0 Å². The second-order valence-electron chi connectivity index (χ2n) is 1.60. The van der Waals surface area contributed by atoms with Gasteiger partial charge in [-0.25, -0.2) is 0 Å². The Morgan fingerprint density at radius 3 is 0.360 bits per heavy atom. The van der Waals surface area contributed by atoms with E-state index in [0.29, 0.717) is 0 Å². The van der Waals surface area contributed by atoms with Crippen molar-refractivity contribution in [2.75, 3.05) is 0 Å². The van der Waals surface area contributed by atoms with Crippen molar-refractivity contribution < 1.29 is 121 Å². The molecule has 0 aromatic rings. The summed E-state index contributed by atoms with van der Waals surface area (Å²) in [6.45, 7) is 0. The molecule has 0 aliphatic carbocycles. The van der Waals surface area contributed by atoms with Gasteiger partial charge >= 0.3 is 0 Å². The molecule has 0 saturated carbocycles. The Labute approximate surface area is 158 Å². The third kappa shape index (κ3) is 651. The van der Waals surface area contributed by atoms with Gasteiger partial charge in [0.2, 0.25) is 36.9 Å². The Balaban J connectivity index is -0.0000000309. The molecule has 0 aromatic carbocycles. The number of hydrogen-bond donors (Lipinski definition) is 6. The van der Waals surface area contributed by atoms with Crippen LogP contribution >= 0.6 is 0 Å². The largest absolute Gasteiger partial charge is 0.565 e. The Kier molecular flexibility index (Phi) is 64.0. The molecule has 19 heteroatoms. The maximum absolute atomic E-state index is 8.44. The van der Waals surface area contributed by atoms with Gasteiger partial charge in [-0.3, -0.25) is 0 Å². The fourth-order valence-corrected chi connectivity index (χ4v) is 0. The molecular weight excluding hydrogens is 598 g/mol. The van der Waals surface area contributed by atoms with Crippen LogP contribution in [0.5, 0.6) is 0 Å². The molecule has 0 amide bonds. The molecule has 0 spiro atoms. The van der Waals surface area contributed by atoms with E-state index in [1.54, 1.807) is 0 Å². The molecule has 148 valence electrons. The van der Waals surface area contributed by atoms with E-state index in [0.717, 1.165) is 0 Å². The summed E-state index contributed by atoms with van der Waals surface area (Å²) < 4.78 is 0. The molecule has 25 heavy (non-hydrogen) atoms. The summed E-state index contributed by atoms with van der Waals surface area (Å²) in [4.78, 5) is 50.7. The van der Waals surface area contributed by atoms with Gasteiger partial charge in [0.25, 0.3) is 0 Å². The van der Waals surface area contributed by atoms with Crippen molar-refractivity contribution >= 4 is 36.9 Å². The van der Waals surface area contributed by atoms with Crippen LogP contribution in [0.2, 0.25) is 0 Å². The average Bonchev–Trinajstić information content (AvgIpc) is 2.08. The number of rotatable bonds is 0. The van der Waals surface area contributed by atoms with Crippen molar-refractivity contribution in [2.24, 2.45) is 0 Å². The van der Waals surface area contributed by atoms with Gasteiger partial charge in [0, 0.05) is 31.1 Å². The van der Waals surface area contributed by atoms with E-state index in [4.69, 9.17) is 90.0 Å². The van der Waals surface area contributed by atoms with Crippen LogP contribution in [0.15, 0.2) is 0 Å². The van der Waals surface area contributed by atoms with Gasteiger partial charge in [0.05, 0.1) is 0 Å².